The van der Waals surface area contributed by atoms with Crippen molar-refractivity contribution in [1.82, 2.24) is 4.90 Å². The minimum absolute atomic E-state index is 0.228. The molecule has 0 bridgehead atoms. The quantitative estimate of drug-likeness (QED) is 0.724. The summed E-state index contributed by atoms with van der Waals surface area (Å²) in [5, 5.41) is 10.6. The number of benzene rings is 2. The number of hydrogen-bond donors (Lipinski definition) is 1. The van der Waals surface area contributed by atoms with Crippen LogP contribution >= 0.6 is 22.6 Å². The zero-order chi connectivity index (χ0) is 16.5. The molecule has 1 aliphatic carbocycles. The average molecular weight is 433 g/mol. The summed E-state index contributed by atoms with van der Waals surface area (Å²) in [7, 11) is 0. The lowest BCUT2D eigenvalue weighted by molar-refractivity contribution is 0.0294. The molecule has 1 saturated heterocycles. The van der Waals surface area contributed by atoms with Crippen LogP contribution in [0.5, 0.6) is 0 Å². The van der Waals surface area contributed by atoms with Gasteiger partial charge in [0.25, 0.3) is 0 Å². The molecule has 4 rings (SSSR count). The first-order valence-corrected chi connectivity index (χ1v) is 10.0. The lowest BCUT2D eigenvalue weighted by Gasteiger charge is -2.42. The maximum Gasteiger partial charge on any atom is 0.0738 e. The van der Waals surface area contributed by atoms with Gasteiger partial charge < -0.3 is 5.11 Å². The average Bonchev–Trinajstić information content (AvgIpc) is 2.61. The Morgan fingerprint density at radius 3 is 2.33 bits per heavy atom. The predicted molar refractivity (Wildman–Crippen MR) is 106 cm³/mol. The molecule has 2 atom stereocenters. The first-order valence-electron chi connectivity index (χ1n) is 8.95. The van der Waals surface area contributed by atoms with Gasteiger partial charge in [0.2, 0.25) is 0 Å². The van der Waals surface area contributed by atoms with E-state index in [4.69, 9.17) is 0 Å². The van der Waals surface area contributed by atoms with E-state index in [-0.39, 0.29) is 12.1 Å². The Morgan fingerprint density at radius 1 is 0.917 bits per heavy atom. The van der Waals surface area contributed by atoms with E-state index in [0.717, 1.165) is 25.9 Å². The van der Waals surface area contributed by atoms with E-state index in [0.29, 0.717) is 5.92 Å². The number of aliphatic hydroxyl groups is 1. The van der Waals surface area contributed by atoms with Gasteiger partial charge in [-0.25, -0.2) is 0 Å². The second kappa shape index (κ2) is 7.14. The second-order valence-electron chi connectivity index (χ2n) is 7.18. The summed E-state index contributed by atoms with van der Waals surface area (Å²) < 4.78 is 1.33. The third-order valence-electron chi connectivity index (χ3n) is 5.74. The number of aliphatic hydroxyl groups excluding tert-OH is 1. The Bertz CT molecular complexity index is 708. The third-order valence-corrected chi connectivity index (χ3v) is 6.41. The van der Waals surface area contributed by atoms with Gasteiger partial charge in [-0.2, -0.15) is 0 Å². The molecule has 0 spiro atoms. The zero-order valence-corrected chi connectivity index (χ0v) is 16.0. The molecule has 0 radical (unpaired) electrons. The van der Waals surface area contributed by atoms with Crippen molar-refractivity contribution in [1.29, 1.82) is 0 Å². The molecular weight excluding hydrogens is 409 g/mol. The Hall–Kier alpha value is -0.910. The topological polar surface area (TPSA) is 23.5 Å². The van der Waals surface area contributed by atoms with Gasteiger partial charge in [-0.1, -0.05) is 36.4 Å². The summed E-state index contributed by atoms with van der Waals surface area (Å²) in [5.41, 5.74) is 4.23. The monoisotopic (exact) mass is 433 g/mol. The summed E-state index contributed by atoms with van der Waals surface area (Å²) >= 11 is 2.40. The summed E-state index contributed by atoms with van der Waals surface area (Å²) in [6.07, 6.45) is 3.97. The van der Waals surface area contributed by atoms with Crippen LogP contribution in [0.4, 0.5) is 0 Å². The van der Waals surface area contributed by atoms with E-state index in [2.05, 4.69) is 76.0 Å². The van der Waals surface area contributed by atoms with Crippen LogP contribution in [0.25, 0.3) is 0 Å². The Labute approximate surface area is 158 Å². The van der Waals surface area contributed by atoms with Gasteiger partial charge in [-0.05, 0) is 89.7 Å². The van der Waals surface area contributed by atoms with Gasteiger partial charge in [0.15, 0.2) is 0 Å². The fourth-order valence-corrected chi connectivity index (χ4v) is 4.94. The van der Waals surface area contributed by atoms with Gasteiger partial charge >= 0.3 is 0 Å². The van der Waals surface area contributed by atoms with Crippen molar-refractivity contribution in [2.24, 2.45) is 0 Å². The minimum atomic E-state index is -0.228. The summed E-state index contributed by atoms with van der Waals surface area (Å²) in [6, 6.07) is 17.8. The molecule has 24 heavy (non-hydrogen) atoms. The van der Waals surface area contributed by atoms with Crippen molar-refractivity contribution < 1.29 is 5.11 Å². The van der Waals surface area contributed by atoms with E-state index in [1.165, 1.54) is 33.1 Å². The number of hydrogen-bond acceptors (Lipinski definition) is 2. The maximum absolute atomic E-state index is 10.6. The standard InChI is InChI=1S/C21H24INO/c22-19-7-3-6-16(12-19)15-8-10-23(11-9-15)20-13-17-4-1-2-5-18(17)14-21(20)24/h1-7,12,15,20-21,24H,8-11,13-14H2/t20-,21-/m1/s1. The highest BCUT2D eigenvalue weighted by atomic mass is 127. The summed E-state index contributed by atoms with van der Waals surface area (Å²) in [4.78, 5) is 2.53. The van der Waals surface area contributed by atoms with E-state index < -0.39 is 0 Å². The number of likely N-dealkylation sites (tertiary alicyclic amines) is 1. The van der Waals surface area contributed by atoms with Gasteiger partial charge in [0.1, 0.15) is 0 Å². The van der Waals surface area contributed by atoms with Crippen LogP contribution in [0.3, 0.4) is 0 Å². The van der Waals surface area contributed by atoms with Crippen molar-refractivity contribution in [2.75, 3.05) is 13.1 Å². The molecule has 0 unspecified atom stereocenters. The highest BCUT2D eigenvalue weighted by Gasteiger charge is 2.33. The zero-order valence-electron chi connectivity index (χ0n) is 13.9. The highest BCUT2D eigenvalue weighted by Crippen LogP contribution is 2.32. The molecule has 1 fully saturated rings. The van der Waals surface area contributed by atoms with Crippen LogP contribution < -0.4 is 0 Å². The van der Waals surface area contributed by atoms with E-state index in [9.17, 15) is 5.11 Å². The molecule has 0 saturated carbocycles. The molecule has 0 amide bonds. The first kappa shape index (κ1) is 16.6. The van der Waals surface area contributed by atoms with Gasteiger partial charge in [0, 0.05) is 16.0 Å². The molecule has 3 heteroatoms. The molecule has 1 N–H and O–H groups in total. The second-order valence-corrected chi connectivity index (χ2v) is 8.42. The van der Waals surface area contributed by atoms with Crippen molar-refractivity contribution in [3.8, 4) is 0 Å². The van der Waals surface area contributed by atoms with E-state index in [1.807, 2.05) is 0 Å². The van der Waals surface area contributed by atoms with Crippen LogP contribution in [0.1, 0.15) is 35.4 Å². The number of rotatable bonds is 2. The Kier molecular flexibility index (Phi) is 4.93. The lowest BCUT2D eigenvalue weighted by Crippen LogP contribution is -2.50. The van der Waals surface area contributed by atoms with Crippen LogP contribution in [-0.2, 0) is 12.8 Å². The number of fused-ring (bicyclic) bond motifs is 1. The minimum Gasteiger partial charge on any atom is -0.391 e. The van der Waals surface area contributed by atoms with Crippen LogP contribution in [-0.4, -0.2) is 35.2 Å². The normalized spacial score (nSPS) is 25.4. The molecule has 2 aliphatic rings. The smallest absolute Gasteiger partial charge is 0.0738 e. The molecule has 2 nitrogen and oxygen atoms in total. The Balaban J connectivity index is 1.43. The summed E-state index contributed by atoms with van der Waals surface area (Å²) in [5.74, 6) is 0.670. The molecule has 1 heterocycles. The molecular formula is C21H24INO. The number of halogens is 1. The predicted octanol–water partition coefficient (Wildman–Crippen LogP) is 4.00. The van der Waals surface area contributed by atoms with Crippen LogP contribution in [0, 0.1) is 3.57 Å². The lowest BCUT2D eigenvalue weighted by atomic mass is 9.83. The van der Waals surface area contributed by atoms with Crippen LogP contribution in [0.2, 0.25) is 0 Å². The molecule has 126 valence electrons. The first-order chi connectivity index (χ1) is 11.7. The van der Waals surface area contributed by atoms with Crippen molar-refractivity contribution in [3.63, 3.8) is 0 Å². The molecule has 2 aromatic carbocycles. The molecule has 2 aromatic rings. The fraction of sp³-hybridized carbons (Fsp3) is 0.429. The van der Waals surface area contributed by atoms with Gasteiger partial charge in [-0.3, -0.25) is 4.90 Å². The number of piperidine rings is 1. The Morgan fingerprint density at radius 2 is 1.62 bits per heavy atom. The fourth-order valence-electron chi connectivity index (χ4n) is 4.38. The van der Waals surface area contributed by atoms with Crippen molar-refractivity contribution >= 4 is 22.6 Å². The van der Waals surface area contributed by atoms with Gasteiger partial charge in [0.05, 0.1) is 6.10 Å². The van der Waals surface area contributed by atoms with E-state index in [1.54, 1.807) is 0 Å². The maximum atomic E-state index is 10.6. The van der Waals surface area contributed by atoms with Gasteiger partial charge in [-0.15, -0.1) is 0 Å². The molecule has 0 aromatic heterocycles. The SMILES string of the molecule is O[C@@H]1Cc2ccccc2C[C@H]1N1CCC(c2cccc(I)c2)CC1. The third kappa shape index (κ3) is 3.39. The van der Waals surface area contributed by atoms with E-state index >= 15 is 0 Å². The van der Waals surface area contributed by atoms with Crippen molar-refractivity contribution in [3.05, 3.63) is 68.8 Å². The van der Waals surface area contributed by atoms with Crippen LogP contribution in [0.15, 0.2) is 48.5 Å². The largest absolute Gasteiger partial charge is 0.391 e. The summed E-state index contributed by atoms with van der Waals surface area (Å²) in [6.45, 7) is 2.19. The molecule has 1 aliphatic heterocycles. The van der Waals surface area contributed by atoms with Crippen molar-refractivity contribution in [2.45, 2.75) is 43.7 Å². The number of nitrogens with zero attached hydrogens (tertiary/aromatic N) is 1. The highest BCUT2D eigenvalue weighted by molar-refractivity contribution is 14.1.